The van der Waals surface area contributed by atoms with Gasteiger partial charge in [-0.2, -0.15) is 0 Å². The number of phenolic OH excluding ortho intramolecular Hbond substituents is 1. The van der Waals surface area contributed by atoms with Crippen LogP contribution in [0.4, 0.5) is 5.69 Å². The molecule has 0 radical (unpaired) electrons. The van der Waals surface area contributed by atoms with Gasteiger partial charge in [0.05, 0.1) is 6.61 Å². The van der Waals surface area contributed by atoms with Gasteiger partial charge in [-0.1, -0.05) is 31.0 Å². The van der Waals surface area contributed by atoms with Gasteiger partial charge in [-0.15, -0.1) is 0 Å². The van der Waals surface area contributed by atoms with Gasteiger partial charge in [0.25, 0.3) is 0 Å². The Hall–Kier alpha value is -3.12. The second kappa shape index (κ2) is 11.1. The first-order valence-corrected chi connectivity index (χ1v) is 13.8. The van der Waals surface area contributed by atoms with Crippen LogP contribution in [0.15, 0.2) is 54.6 Å². The van der Waals surface area contributed by atoms with E-state index in [1.54, 1.807) is 6.92 Å². The molecule has 2 aromatic rings. The second-order valence-electron chi connectivity index (χ2n) is 10.8. The third kappa shape index (κ3) is 5.45. The zero-order valence-corrected chi connectivity index (χ0v) is 21.7. The van der Waals surface area contributed by atoms with E-state index in [0.717, 1.165) is 44.1 Å². The summed E-state index contributed by atoms with van der Waals surface area (Å²) in [7, 11) is 0. The number of amides is 1. The predicted octanol–water partition coefficient (Wildman–Crippen LogP) is 5.14. The second-order valence-corrected chi connectivity index (χ2v) is 10.8. The number of hydrogen-bond acceptors (Lipinski definition) is 5. The van der Waals surface area contributed by atoms with Crippen LogP contribution in [0.1, 0.15) is 62.1 Å². The summed E-state index contributed by atoms with van der Waals surface area (Å²) in [6.07, 6.45) is 11.8. The third-order valence-corrected chi connectivity index (χ3v) is 8.70. The summed E-state index contributed by atoms with van der Waals surface area (Å²) >= 11 is 0. The van der Waals surface area contributed by atoms with Gasteiger partial charge in [-0.25, -0.2) is 4.79 Å². The molecule has 0 aromatic heterocycles. The summed E-state index contributed by atoms with van der Waals surface area (Å²) in [5, 5.41) is 13.1. The summed E-state index contributed by atoms with van der Waals surface area (Å²) < 4.78 is 4.81. The lowest BCUT2D eigenvalue weighted by Gasteiger charge is -2.59. The summed E-state index contributed by atoms with van der Waals surface area (Å²) in [5.41, 5.74) is 5.05. The largest absolute Gasteiger partial charge is 0.508 e. The first-order valence-electron chi connectivity index (χ1n) is 13.8. The minimum absolute atomic E-state index is 0.250. The molecule has 37 heavy (non-hydrogen) atoms. The smallest absolute Gasteiger partial charge is 0.330 e. The molecule has 2 bridgehead atoms. The number of rotatable bonds is 8. The summed E-state index contributed by atoms with van der Waals surface area (Å²) in [5.74, 6) is 0.229. The van der Waals surface area contributed by atoms with Crippen molar-refractivity contribution in [1.29, 1.82) is 0 Å². The number of nitrogens with one attached hydrogen (secondary N) is 1. The van der Waals surface area contributed by atoms with Crippen molar-refractivity contribution in [3.05, 3.63) is 71.3 Å². The molecule has 5 rings (SSSR count). The summed E-state index contributed by atoms with van der Waals surface area (Å²) in [6, 6.07) is 14.6. The van der Waals surface area contributed by atoms with Gasteiger partial charge in [0, 0.05) is 29.3 Å². The Bertz CT molecular complexity index is 1180. The van der Waals surface area contributed by atoms with E-state index in [4.69, 9.17) is 4.74 Å². The third-order valence-electron chi connectivity index (χ3n) is 8.70. The average Bonchev–Trinajstić information content (AvgIpc) is 2.89. The van der Waals surface area contributed by atoms with Crippen molar-refractivity contribution in [3.8, 4) is 5.75 Å². The van der Waals surface area contributed by atoms with Crippen molar-refractivity contribution in [2.75, 3.05) is 25.0 Å². The minimum atomic E-state index is -0.519. The maximum absolute atomic E-state index is 12.1. The van der Waals surface area contributed by atoms with E-state index in [-0.39, 0.29) is 17.9 Å². The molecule has 3 atom stereocenters. The normalized spacial score (nSPS) is 24.8. The van der Waals surface area contributed by atoms with Gasteiger partial charge < -0.3 is 15.2 Å². The van der Waals surface area contributed by atoms with Crippen LogP contribution in [0.2, 0.25) is 0 Å². The number of fused-ring (bicyclic) bond motifs is 1. The topological polar surface area (TPSA) is 78.9 Å². The molecule has 1 saturated carbocycles. The molecule has 2 N–H and O–H groups in total. The highest BCUT2D eigenvalue weighted by Gasteiger charge is 2.53. The van der Waals surface area contributed by atoms with E-state index in [1.165, 1.54) is 54.9 Å². The maximum Gasteiger partial charge on any atom is 0.330 e. The van der Waals surface area contributed by atoms with Crippen molar-refractivity contribution in [2.24, 2.45) is 5.92 Å². The van der Waals surface area contributed by atoms with E-state index in [2.05, 4.69) is 28.4 Å². The van der Waals surface area contributed by atoms with E-state index >= 15 is 0 Å². The van der Waals surface area contributed by atoms with E-state index in [9.17, 15) is 14.7 Å². The van der Waals surface area contributed by atoms with Crippen molar-refractivity contribution in [2.45, 2.75) is 69.7 Å². The van der Waals surface area contributed by atoms with Gasteiger partial charge in [-0.05, 0) is 105 Å². The summed E-state index contributed by atoms with van der Waals surface area (Å²) in [6.45, 7) is 4.21. The molecule has 1 saturated heterocycles. The molecule has 6 heteroatoms. The maximum atomic E-state index is 12.1. The zero-order chi connectivity index (χ0) is 25.8. The number of ether oxygens (including phenoxy) is 1. The van der Waals surface area contributed by atoms with Crippen LogP contribution in [0.3, 0.4) is 0 Å². The SMILES string of the molecule is CCOC(=O)/C=C/C(=O)Nc1cccc(CCCN2CC[C@]34CCCC[C@H]3[C@H]2Cc2ccc(O)cc24)c1. The van der Waals surface area contributed by atoms with E-state index in [1.807, 2.05) is 24.3 Å². The monoisotopic (exact) mass is 502 g/mol. The number of anilines is 1. The summed E-state index contributed by atoms with van der Waals surface area (Å²) in [4.78, 5) is 26.3. The molecule has 1 amide bonds. The lowest BCUT2D eigenvalue weighted by molar-refractivity contribution is -0.137. The minimum Gasteiger partial charge on any atom is -0.508 e. The molecule has 0 unspecified atom stereocenters. The molecule has 2 aliphatic carbocycles. The van der Waals surface area contributed by atoms with Gasteiger partial charge in [-0.3, -0.25) is 9.69 Å². The molecule has 6 nitrogen and oxygen atoms in total. The lowest BCUT2D eigenvalue weighted by Crippen LogP contribution is -2.61. The number of benzene rings is 2. The Morgan fingerprint density at radius 3 is 2.92 bits per heavy atom. The quantitative estimate of drug-likeness (QED) is 0.386. The fourth-order valence-electron chi connectivity index (χ4n) is 7.16. The highest BCUT2D eigenvalue weighted by atomic mass is 16.5. The van der Waals surface area contributed by atoms with Crippen LogP contribution < -0.4 is 5.32 Å². The van der Waals surface area contributed by atoms with Crippen molar-refractivity contribution in [1.82, 2.24) is 4.90 Å². The van der Waals surface area contributed by atoms with Crippen LogP contribution in [0.25, 0.3) is 0 Å². The number of aromatic hydroxyl groups is 1. The van der Waals surface area contributed by atoms with E-state index < -0.39 is 5.97 Å². The highest BCUT2D eigenvalue weighted by molar-refractivity contribution is 6.02. The number of carbonyl (C=O) groups is 2. The van der Waals surface area contributed by atoms with Crippen molar-refractivity contribution < 1.29 is 19.4 Å². The number of esters is 1. The Morgan fingerprint density at radius 2 is 2.05 bits per heavy atom. The number of hydrogen-bond donors (Lipinski definition) is 2. The fraction of sp³-hybridized carbons (Fsp3) is 0.484. The van der Waals surface area contributed by atoms with Crippen LogP contribution in [0.5, 0.6) is 5.75 Å². The Morgan fingerprint density at radius 1 is 1.16 bits per heavy atom. The number of nitrogens with zero attached hydrogens (tertiary/aromatic N) is 1. The van der Waals surface area contributed by atoms with Crippen molar-refractivity contribution >= 4 is 17.6 Å². The average molecular weight is 503 g/mol. The molecule has 1 aliphatic heterocycles. The van der Waals surface area contributed by atoms with Crippen LogP contribution >= 0.6 is 0 Å². The first-order chi connectivity index (χ1) is 18.0. The molecule has 0 spiro atoms. The van der Waals surface area contributed by atoms with Gasteiger partial charge in [0.15, 0.2) is 0 Å². The van der Waals surface area contributed by atoms with Crippen LogP contribution in [-0.4, -0.2) is 47.6 Å². The van der Waals surface area contributed by atoms with Gasteiger partial charge >= 0.3 is 5.97 Å². The van der Waals surface area contributed by atoms with Crippen molar-refractivity contribution in [3.63, 3.8) is 0 Å². The standard InChI is InChI=1S/C31H38N2O4/c1-2-37-30(36)14-13-29(35)32-24-9-5-7-22(19-24)8-6-17-33-18-16-31-15-4-3-10-26(31)28(33)20-23-11-12-25(34)21-27(23)31/h5,7,9,11-14,19,21,26,28,34H,2-4,6,8,10,15-18,20H2,1H3,(H,32,35)/b14-13+/t26-,28+,31+/m0/s1. The Kier molecular flexibility index (Phi) is 7.65. The Balaban J connectivity index is 1.20. The van der Waals surface area contributed by atoms with E-state index in [0.29, 0.717) is 17.7 Å². The van der Waals surface area contributed by atoms with Crippen LogP contribution in [0, 0.1) is 5.92 Å². The van der Waals surface area contributed by atoms with Gasteiger partial charge in [0.2, 0.25) is 5.91 Å². The molecule has 196 valence electrons. The molecular formula is C31H38N2O4. The zero-order valence-electron chi connectivity index (χ0n) is 21.7. The van der Waals surface area contributed by atoms with Crippen LogP contribution in [-0.2, 0) is 32.6 Å². The molecule has 2 aromatic carbocycles. The Labute approximate surface area is 219 Å². The van der Waals surface area contributed by atoms with Gasteiger partial charge in [0.1, 0.15) is 5.75 Å². The lowest BCUT2D eigenvalue weighted by atomic mass is 9.52. The molecular weight excluding hydrogens is 464 g/mol. The molecule has 3 aliphatic rings. The number of aryl methyl sites for hydroxylation is 1. The number of piperidine rings is 1. The number of carbonyl (C=O) groups excluding carboxylic acids is 2. The molecule has 1 heterocycles. The fourth-order valence-corrected chi connectivity index (χ4v) is 7.16. The molecule has 2 fully saturated rings. The number of likely N-dealkylation sites (tertiary alicyclic amines) is 1. The first kappa shape index (κ1) is 25.5. The number of phenols is 1. The highest BCUT2D eigenvalue weighted by Crippen LogP contribution is 2.56. The predicted molar refractivity (Wildman–Crippen MR) is 145 cm³/mol.